The predicted molar refractivity (Wildman–Crippen MR) is 80.7 cm³/mol. The molecule has 4 nitrogen and oxygen atoms in total. The van der Waals surface area contributed by atoms with E-state index in [0.29, 0.717) is 11.4 Å². The first-order valence-corrected chi connectivity index (χ1v) is 6.73. The van der Waals surface area contributed by atoms with E-state index in [1.165, 1.54) is 0 Å². The smallest absolute Gasteiger partial charge is 0.122 e. The standard InChI is InChI=1S/C15H18ClN3O/c1-10-7-11(5-6-18-10)14(19-17)9-12-8-13(16)3-4-15(12)20-2/h3-8,14,19H,9,17H2,1-2H3. The number of nitrogens with one attached hydrogen (secondary N) is 1. The second-order valence-electron chi connectivity index (χ2n) is 4.61. The van der Waals surface area contributed by atoms with Crippen LogP contribution in [0.25, 0.3) is 0 Å². The highest BCUT2D eigenvalue weighted by Gasteiger charge is 2.14. The van der Waals surface area contributed by atoms with Gasteiger partial charge in [0.2, 0.25) is 0 Å². The van der Waals surface area contributed by atoms with Gasteiger partial charge < -0.3 is 4.74 Å². The number of hydrogen-bond acceptors (Lipinski definition) is 4. The summed E-state index contributed by atoms with van der Waals surface area (Å²) in [6.45, 7) is 1.96. The van der Waals surface area contributed by atoms with Gasteiger partial charge in [-0.05, 0) is 54.8 Å². The highest BCUT2D eigenvalue weighted by Crippen LogP contribution is 2.27. The summed E-state index contributed by atoms with van der Waals surface area (Å²) in [5, 5.41) is 0.683. The Hall–Kier alpha value is -1.62. The van der Waals surface area contributed by atoms with E-state index >= 15 is 0 Å². The number of benzene rings is 1. The fourth-order valence-corrected chi connectivity index (χ4v) is 2.38. The van der Waals surface area contributed by atoms with Crippen LogP contribution in [-0.4, -0.2) is 12.1 Å². The largest absolute Gasteiger partial charge is 0.496 e. The Bertz CT molecular complexity index is 589. The van der Waals surface area contributed by atoms with Crippen LogP contribution in [0, 0.1) is 6.92 Å². The molecule has 3 N–H and O–H groups in total. The summed E-state index contributed by atoms with van der Waals surface area (Å²) in [7, 11) is 1.65. The Morgan fingerprint density at radius 2 is 2.15 bits per heavy atom. The second-order valence-corrected chi connectivity index (χ2v) is 5.05. The van der Waals surface area contributed by atoms with E-state index in [9.17, 15) is 0 Å². The van der Waals surface area contributed by atoms with E-state index in [4.69, 9.17) is 22.2 Å². The summed E-state index contributed by atoms with van der Waals surface area (Å²) >= 11 is 6.05. The van der Waals surface area contributed by atoms with E-state index in [1.807, 2.05) is 37.3 Å². The van der Waals surface area contributed by atoms with Crippen LogP contribution in [0.5, 0.6) is 5.75 Å². The van der Waals surface area contributed by atoms with Gasteiger partial charge in [0.15, 0.2) is 0 Å². The van der Waals surface area contributed by atoms with Gasteiger partial charge in [0.25, 0.3) is 0 Å². The molecule has 0 aliphatic heterocycles. The van der Waals surface area contributed by atoms with Gasteiger partial charge >= 0.3 is 0 Å². The van der Waals surface area contributed by atoms with Gasteiger partial charge in [0.05, 0.1) is 13.2 Å². The Morgan fingerprint density at radius 3 is 2.80 bits per heavy atom. The van der Waals surface area contributed by atoms with Crippen molar-refractivity contribution in [2.45, 2.75) is 19.4 Å². The molecule has 1 unspecified atom stereocenters. The van der Waals surface area contributed by atoms with Crippen LogP contribution >= 0.6 is 11.6 Å². The van der Waals surface area contributed by atoms with E-state index < -0.39 is 0 Å². The molecular weight excluding hydrogens is 274 g/mol. The van der Waals surface area contributed by atoms with Crippen molar-refractivity contribution in [3.63, 3.8) is 0 Å². The zero-order chi connectivity index (χ0) is 14.5. The maximum absolute atomic E-state index is 6.05. The van der Waals surface area contributed by atoms with Crippen molar-refractivity contribution in [3.8, 4) is 5.75 Å². The summed E-state index contributed by atoms with van der Waals surface area (Å²) in [5.74, 6) is 6.49. The molecule has 0 amide bonds. The topological polar surface area (TPSA) is 60.2 Å². The lowest BCUT2D eigenvalue weighted by molar-refractivity contribution is 0.405. The van der Waals surface area contributed by atoms with Gasteiger partial charge in [0.1, 0.15) is 5.75 Å². The highest BCUT2D eigenvalue weighted by atomic mass is 35.5. The average Bonchev–Trinajstić information content (AvgIpc) is 2.45. The fraction of sp³-hybridized carbons (Fsp3) is 0.267. The Morgan fingerprint density at radius 1 is 1.35 bits per heavy atom. The number of nitrogens with zero attached hydrogens (tertiary/aromatic N) is 1. The van der Waals surface area contributed by atoms with Crippen molar-refractivity contribution < 1.29 is 4.74 Å². The van der Waals surface area contributed by atoms with Gasteiger partial charge in [-0.25, -0.2) is 0 Å². The van der Waals surface area contributed by atoms with Crippen molar-refractivity contribution in [1.29, 1.82) is 0 Å². The van der Waals surface area contributed by atoms with Crippen LogP contribution in [0.1, 0.15) is 22.9 Å². The minimum Gasteiger partial charge on any atom is -0.496 e. The molecule has 2 rings (SSSR count). The van der Waals surface area contributed by atoms with Crippen LogP contribution in [0.4, 0.5) is 0 Å². The number of hydrazine groups is 1. The van der Waals surface area contributed by atoms with E-state index in [2.05, 4.69) is 10.4 Å². The highest BCUT2D eigenvalue weighted by molar-refractivity contribution is 6.30. The molecule has 2 aromatic rings. The summed E-state index contributed by atoms with van der Waals surface area (Å²) < 4.78 is 5.37. The number of pyridine rings is 1. The summed E-state index contributed by atoms with van der Waals surface area (Å²) in [6.07, 6.45) is 2.47. The van der Waals surface area contributed by atoms with Gasteiger partial charge in [-0.15, -0.1) is 0 Å². The molecule has 0 fully saturated rings. The molecule has 1 heterocycles. The third kappa shape index (κ3) is 3.48. The zero-order valence-corrected chi connectivity index (χ0v) is 12.3. The molecule has 0 radical (unpaired) electrons. The van der Waals surface area contributed by atoms with Crippen molar-refractivity contribution in [1.82, 2.24) is 10.4 Å². The van der Waals surface area contributed by atoms with Crippen molar-refractivity contribution in [3.05, 3.63) is 58.4 Å². The molecule has 106 valence electrons. The van der Waals surface area contributed by atoms with Gasteiger partial charge in [-0.3, -0.25) is 16.3 Å². The number of nitrogens with two attached hydrogens (primary N) is 1. The van der Waals surface area contributed by atoms with Crippen LogP contribution in [0.15, 0.2) is 36.5 Å². The maximum Gasteiger partial charge on any atom is 0.122 e. The van der Waals surface area contributed by atoms with Gasteiger partial charge in [0, 0.05) is 16.9 Å². The second kappa shape index (κ2) is 6.70. The Balaban J connectivity index is 2.28. The monoisotopic (exact) mass is 291 g/mol. The number of ether oxygens (including phenoxy) is 1. The first kappa shape index (κ1) is 14.8. The lowest BCUT2D eigenvalue weighted by Crippen LogP contribution is -2.29. The molecule has 1 atom stereocenters. The number of aryl methyl sites for hydroxylation is 1. The van der Waals surface area contributed by atoms with Gasteiger partial charge in [-0.2, -0.15) is 0 Å². The van der Waals surface area contributed by atoms with Crippen molar-refractivity contribution >= 4 is 11.6 Å². The van der Waals surface area contributed by atoms with Crippen LogP contribution in [0.2, 0.25) is 5.02 Å². The summed E-state index contributed by atoms with van der Waals surface area (Å²) in [6, 6.07) is 9.52. The number of methoxy groups -OCH3 is 1. The van der Waals surface area contributed by atoms with E-state index in [0.717, 1.165) is 22.6 Å². The third-order valence-corrected chi connectivity index (χ3v) is 3.43. The first-order valence-electron chi connectivity index (χ1n) is 6.35. The lowest BCUT2D eigenvalue weighted by Gasteiger charge is -2.18. The van der Waals surface area contributed by atoms with Crippen LogP contribution < -0.4 is 16.0 Å². The van der Waals surface area contributed by atoms with Crippen molar-refractivity contribution in [2.75, 3.05) is 7.11 Å². The molecule has 0 saturated heterocycles. The molecule has 0 aliphatic rings. The number of aromatic nitrogens is 1. The minimum atomic E-state index is -0.0240. The molecule has 1 aromatic carbocycles. The number of rotatable bonds is 5. The molecule has 20 heavy (non-hydrogen) atoms. The van der Waals surface area contributed by atoms with Crippen molar-refractivity contribution in [2.24, 2.45) is 5.84 Å². The average molecular weight is 292 g/mol. The van der Waals surface area contributed by atoms with E-state index in [-0.39, 0.29) is 6.04 Å². The molecule has 0 aliphatic carbocycles. The molecule has 5 heteroatoms. The zero-order valence-electron chi connectivity index (χ0n) is 11.6. The Labute approximate surface area is 123 Å². The maximum atomic E-state index is 6.05. The van der Waals surface area contributed by atoms with Crippen LogP contribution in [0.3, 0.4) is 0 Å². The molecule has 0 saturated carbocycles. The fourth-order valence-electron chi connectivity index (χ4n) is 2.18. The minimum absolute atomic E-state index is 0.0240. The quantitative estimate of drug-likeness (QED) is 0.657. The number of hydrogen-bond donors (Lipinski definition) is 2. The number of halogens is 1. The van der Waals surface area contributed by atoms with Crippen LogP contribution in [-0.2, 0) is 6.42 Å². The summed E-state index contributed by atoms with van der Waals surface area (Å²) in [5.41, 5.74) is 5.89. The summed E-state index contributed by atoms with van der Waals surface area (Å²) in [4.78, 5) is 4.20. The molecule has 0 spiro atoms. The van der Waals surface area contributed by atoms with Gasteiger partial charge in [-0.1, -0.05) is 11.6 Å². The molecular formula is C15H18ClN3O. The molecule has 0 bridgehead atoms. The first-order chi connectivity index (χ1) is 9.63. The Kier molecular flexibility index (Phi) is 4.95. The third-order valence-electron chi connectivity index (χ3n) is 3.19. The lowest BCUT2D eigenvalue weighted by atomic mass is 9.99. The SMILES string of the molecule is COc1ccc(Cl)cc1CC(NN)c1ccnc(C)c1. The van der Waals surface area contributed by atoms with E-state index in [1.54, 1.807) is 13.3 Å². The normalized spacial score (nSPS) is 12.2. The molecule has 1 aromatic heterocycles. The predicted octanol–water partition coefficient (Wildman–Crippen LogP) is 2.80.